The first-order chi connectivity index (χ1) is 15.5. The zero-order chi connectivity index (χ0) is 22.2. The molecule has 1 aliphatic carbocycles. The fraction of sp³-hybridized carbons (Fsp3) is 0.304. The first-order valence-electron chi connectivity index (χ1n) is 10.4. The molecule has 1 aliphatic heterocycles. The Kier molecular flexibility index (Phi) is 6.09. The van der Waals surface area contributed by atoms with E-state index in [2.05, 4.69) is 30.7 Å². The standard InChI is InChI=1S/C23H20BrClN4O2S/c24-14-7-9-19-16(11-14)21(15-3-1-2-4-17(15)25)26-18(8-10-20(30)31)22-27-28-23(29(19)22)32-12-13-5-6-13/h1-4,7,9,11,13,18H,5-6,8,10,12H2,(H,30,31)/t18-/m0/s1. The van der Waals surface area contributed by atoms with Crippen molar-refractivity contribution >= 4 is 51.0 Å². The lowest BCUT2D eigenvalue weighted by Crippen LogP contribution is -2.08. The molecule has 2 heterocycles. The van der Waals surface area contributed by atoms with E-state index in [1.165, 1.54) is 12.8 Å². The minimum atomic E-state index is -0.863. The van der Waals surface area contributed by atoms with E-state index in [-0.39, 0.29) is 6.42 Å². The van der Waals surface area contributed by atoms with Crippen molar-refractivity contribution in [1.82, 2.24) is 14.8 Å². The Bertz CT molecular complexity index is 1220. The largest absolute Gasteiger partial charge is 0.481 e. The van der Waals surface area contributed by atoms with Gasteiger partial charge in [0.15, 0.2) is 11.0 Å². The summed E-state index contributed by atoms with van der Waals surface area (Å²) in [5.74, 6) is 1.54. The smallest absolute Gasteiger partial charge is 0.303 e. The Balaban J connectivity index is 1.70. The number of halogens is 2. The summed E-state index contributed by atoms with van der Waals surface area (Å²) < 4.78 is 2.97. The van der Waals surface area contributed by atoms with Crippen LogP contribution in [0, 0.1) is 5.92 Å². The number of aliphatic imine (C=N–C) groups is 1. The molecular formula is C23H20BrClN4O2S. The van der Waals surface area contributed by atoms with Gasteiger partial charge in [0, 0.05) is 32.8 Å². The van der Waals surface area contributed by atoms with Crippen LogP contribution in [0.25, 0.3) is 5.69 Å². The summed E-state index contributed by atoms with van der Waals surface area (Å²) in [7, 11) is 0. The Labute approximate surface area is 203 Å². The van der Waals surface area contributed by atoms with Gasteiger partial charge in [-0.15, -0.1) is 10.2 Å². The highest BCUT2D eigenvalue weighted by molar-refractivity contribution is 9.10. The van der Waals surface area contributed by atoms with Crippen molar-refractivity contribution < 1.29 is 9.90 Å². The van der Waals surface area contributed by atoms with E-state index >= 15 is 0 Å². The van der Waals surface area contributed by atoms with Crippen LogP contribution in [0.15, 0.2) is 57.1 Å². The molecule has 0 bridgehead atoms. The zero-order valence-electron chi connectivity index (χ0n) is 17.0. The van der Waals surface area contributed by atoms with E-state index in [9.17, 15) is 9.90 Å². The molecule has 1 saturated carbocycles. The molecule has 0 amide bonds. The van der Waals surface area contributed by atoms with E-state index in [0.29, 0.717) is 17.3 Å². The molecule has 5 rings (SSSR count). The van der Waals surface area contributed by atoms with Crippen LogP contribution in [0.4, 0.5) is 0 Å². The summed E-state index contributed by atoms with van der Waals surface area (Å²) in [6, 6.07) is 13.2. The van der Waals surface area contributed by atoms with E-state index < -0.39 is 12.0 Å². The molecule has 0 spiro atoms. The third-order valence-electron chi connectivity index (χ3n) is 5.60. The van der Waals surface area contributed by atoms with Crippen molar-refractivity contribution in [1.29, 1.82) is 0 Å². The van der Waals surface area contributed by atoms with Crippen LogP contribution in [0.2, 0.25) is 5.02 Å². The van der Waals surface area contributed by atoms with E-state index in [0.717, 1.165) is 43.8 Å². The first kappa shape index (κ1) is 21.7. The van der Waals surface area contributed by atoms with Crippen molar-refractivity contribution in [3.63, 3.8) is 0 Å². The number of aliphatic carboxylic acids is 1. The lowest BCUT2D eigenvalue weighted by atomic mass is 10.00. The van der Waals surface area contributed by atoms with Gasteiger partial charge >= 0.3 is 5.97 Å². The maximum atomic E-state index is 11.4. The van der Waals surface area contributed by atoms with Gasteiger partial charge in [0.1, 0.15) is 6.04 Å². The molecule has 1 N–H and O–H groups in total. The normalized spacial score (nSPS) is 17.3. The van der Waals surface area contributed by atoms with Crippen molar-refractivity contribution in [2.24, 2.45) is 10.9 Å². The monoisotopic (exact) mass is 530 g/mol. The summed E-state index contributed by atoms with van der Waals surface area (Å²) in [5, 5.41) is 19.7. The third kappa shape index (κ3) is 4.36. The molecule has 0 unspecified atom stereocenters. The number of hydrogen-bond donors (Lipinski definition) is 1. The molecule has 164 valence electrons. The second-order valence-electron chi connectivity index (χ2n) is 8.00. The molecule has 0 radical (unpaired) electrons. The number of benzene rings is 2. The Morgan fingerprint density at radius 2 is 2.00 bits per heavy atom. The number of carbonyl (C=O) groups is 1. The van der Waals surface area contributed by atoms with E-state index in [1.54, 1.807) is 11.8 Å². The molecule has 1 atom stereocenters. The molecule has 2 aliphatic rings. The first-order valence-corrected chi connectivity index (χ1v) is 12.6. The van der Waals surface area contributed by atoms with Gasteiger partial charge < -0.3 is 5.11 Å². The van der Waals surface area contributed by atoms with Crippen LogP contribution in [0.1, 0.15) is 48.7 Å². The molecule has 2 aromatic carbocycles. The van der Waals surface area contributed by atoms with E-state index in [4.69, 9.17) is 16.6 Å². The van der Waals surface area contributed by atoms with Gasteiger partial charge in [0.2, 0.25) is 0 Å². The summed E-state index contributed by atoms with van der Waals surface area (Å²) in [6.07, 6.45) is 2.84. The minimum absolute atomic E-state index is 0.0125. The predicted octanol–water partition coefficient (Wildman–Crippen LogP) is 5.94. The topological polar surface area (TPSA) is 80.4 Å². The average molecular weight is 532 g/mol. The van der Waals surface area contributed by atoms with Crippen LogP contribution in [0.5, 0.6) is 0 Å². The maximum Gasteiger partial charge on any atom is 0.303 e. The summed E-state index contributed by atoms with van der Waals surface area (Å²) >= 11 is 11.9. The number of carboxylic acid groups (broad SMARTS) is 1. The fourth-order valence-corrected chi connectivity index (χ4v) is 5.52. The summed E-state index contributed by atoms with van der Waals surface area (Å²) in [5.41, 5.74) is 3.35. The maximum absolute atomic E-state index is 11.4. The number of aromatic nitrogens is 3. The number of carboxylic acids is 1. The minimum Gasteiger partial charge on any atom is -0.481 e. The van der Waals surface area contributed by atoms with Crippen LogP contribution in [-0.4, -0.2) is 37.3 Å². The van der Waals surface area contributed by atoms with Crippen molar-refractivity contribution in [3.8, 4) is 5.69 Å². The van der Waals surface area contributed by atoms with Gasteiger partial charge in [-0.2, -0.15) is 0 Å². The zero-order valence-corrected chi connectivity index (χ0v) is 20.2. The molecule has 0 saturated heterocycles. The van der Waals surface area contributed by atoms with Gasteiger partial charge in [-0.05, 0) is 49.4 Å². The number of nitrogens with zero attached hydrogens (tertiary/aromatic N) is 4. The third-order valence-corrected chi connectivity index (χ3v) is 7.59. The van der Waals surface area contributed by atoms with Crippen LogP contribution in [-0.2, 0) is 4.79 Å². The van der Waals surface area contributed by atoms with Crippen LogP contribution >= 0.6 is 39.3 Å². The molecule has 9 heteroatoms. The van der Waals surface area contributed by atoms with Gasteiger partial charge in [-0.1, -0.05) is 57.5 Å². The summed E-state index contributed by atoms with van der Waals surface area (Å²) in [6.45, 7) is 0. The van der Waals surface area contributed by atoms with Crippen molar-refractivity contribution in [2.75, 3.05) is 5.75 Å². The Hall–Kier alpha value is -2.16. The second kappa shape index (κ2) is 9.00. The van der Waals surface area contributed by atoms with Crippen molar-refractivity contribution in [3.05, 3.63) is 68.9 Å². The number of thioether (sulfide) groups is 1. The van der Waals surface area contributed by atoms with Crippen molar-refractivity contribution in [2.45, 2.75) is 36.9 Å². The molecule has 6 nitrogen and oxygen atoms in total. The highest BCUT2D eigenvalue weighted by atomic mass is 79.9. The summed E-state index contributed by atoms with van der Waals surface area (Å²) in [4.78, 5) is 16.4. The molecular weight excluding hydrogens is 512 g/mol. The second-order valence-corrected chi connectivity index (χ2v) is 10.3. The van der Waals surface area contributed by atoms with Gasteiger partial charge in [-0.3, -0.25) is 14.4 Å². The fourth-order valence-electron chi connectivity index (χ4n) is 3.79. The van der Waals surface area contributed by atoms with Gasteiger partial charge in [-0.25, -0.2) is 0 Å². The van der Waals surface area contributed by atoms with E-state index in [1.807, 2.05) is 42.5 Å². The van der Waals surface area contributed by atoms with Gasteiger partial charge in [0.05, 0.1) is 11.4 Å². The highest BCUT2D eigenvalue weighted by Gasteiger charge is 2.31. The van der Waals surface area contributed by atoms with Crippen LogP contribution < -0.4 is 0 Å². The number of hydrogen-bond acceptors (Lipinski definition) is 5. The average Bonchev–Trinajstić information content (AvgIpc) is 3.53. The lowest BCUT2D eigenvalue weighted by Gasteiger charge is -2.14. The lowest BCUT2D eigenvalue weighted by molar-refractivity contribution is -0.137. The quantitative estimate of drug-likeness (QED) is 0.382. The molecule has 1 fully saturated rings. The highest BCUT2D eigenvalue weighted by Crippen LogP contribution is 2.39. The Morgan fingerprint density at radius 3 is 2.75 bits per heavy atom. The SMILES string of the molecule is O=C(O)CC[C@@H]1N=C(c2ccccc2Cl)c2cc(Br)ccc2-n2c(SCC3CC3)nnc21. The van der Waals surface area contributed by atoms with Gasteiger partial charge in [0.25, 0.3) is 0 Å². The number of fused-ring (bicyclic) bond motifs is 3. The van der Waals surface area contributed by atoms with Crippen LogP contribution in [0.3, 0.4) is 0 Å². The molecule has 3 aromatic rings. The Morgan fingerprint density at radius 1 is 1.19 bits per heavy atom. The number of rotatable bonds is 7. The molecule has 1 aromatic heterocycles. The predicted molar refractivity (Wildman–Crippen MR) is 129 cm³/mol. The molecule has 32 heavy (non-hydrogen) atoms.